The Morgan fingerprint density at radius 2 is 2.00 bits per heavy atom. The molecule has 1 N–H and O–H groups in total. The number of carbonyl (C=O) groups excluding carboxylic acids is 2. The first-order valence-electron chi connectivity index (χ1n) is 8.45. The summed E-state index contributed by atoms with van der Waals surface area (Å²) in [6.07, 6.45) is 4.09. The first kappa shape index (κ1) is 15.5. The number of aromatic nitrogens is 1. The van der Waals surface area contributed by atoms with Crippen LogP contribution in [0.1, 0.15) is 44.7 Å². The number of hydrogen-bond donors (Lipinski definition) is 1. The van der Waals surface area contributed by atoms with Crippen molar-refractivity contribution in [2.75, 3.05) is 5.32 Å². The topological polar surface area (TPSA) is 59.1 Å². The molecule has 4 heteroatoms. The lowest BCUT2D eigenvalue weighted by molar-refractivity contribution is 0.0970. The van der Waals surface area contributed by atoms with E-state index in [0.717, 1.165) is 34.9 Å². The molecule has 124 valence electrons. The molecule has 0 fully saturated rings. The molecule has 4 rings (SSSR count). The van der Waals surface area contributed by atoms with Crippen molar-refractivity contribution in [3.05, 3.63) is 70.9 Å². The van der Waals surface area contributed by atoms with Gasteiger partial charge in [-0.2, -0.15) is 0 Å². The number of hydrogen-bond acceptors (Lipinski definition) is 3. The zero-order valence-electron chi connectivity index (χ0n) is 14.0. The molecule has 1 aliphatic carbocycles. The summed E-state index contributed by atoms with van der Waals surface area (Å²) >= 11 is 0. The Kier molecular flexibility index (Phi) is 3.80. The number of anilines is 1. The quantitative estimate of drug-likeness (QED) is 0.761. The smallest absolute Gasteiger partial charge is 0.258 e. The molecule has 0 bridgehead atoms. The molecule has 2 aromatic carbocycles. The minimum absolute atomic E-state index is 0.153. The summed E-state index contributed by atoms with van der Waals surface area (Å²) in [5.74, 6) is -0.0506. The van der Waals surface area contributed by atoms with Gasteiger partial charge in [0.15, 0.2) is 5.78 Å². The molecule has 0 saturated heterocycles. The highest BCUT2D eigenvalue weighted by molar-refractivity contribution is 6.13. The van der Waals surface area contributed by atoms with E-state index in [2.05, 4.69) is 10.3 Å². The third-order valence-electron chi connectivity index (χ3n) is 4.73. The second kappa shape index (κ2) is 6.13. The summed E-state index contributed by atoms with van der Waals surface area (Å²) in [7, 11) is 0. The standard InChI is InChI=1S/C21H18N2O2/c1-13-7-8-15-5-3-11-22-20(15)19(13)21(25)23-16-10-9-14-4-2-6-18(24)17(14)12-16/h3,5,7-12H,2,4,6H2,1H3,(H,23,25). The summed E-state index contributed by atoms with van der Waals surface area (Å²) in [5.41, 5.74) is 4.58. The molecule has 1 amide bonds. The molecule has 0 unspecified atom stereocenters. The summed E-state index contributed by atoms with van der Waals surface area (Å²) in [4.78, 5) is 29.3. The Bertz CT molecular complexity index is 1010. The summed E-state index contributed by atoms with van der Waals surface area (Å²) in [6, 6.07) is 13.3. The van der Waals surface area contributed by atoms with Crippen LogP contribution in [0.3, 0.4) is 0 Å². The van der Waals surface area contributed by atoms with Crippen molar-refractivity contribution in [3.63, 3.8) is 0 Å². The van der Waals surface area contributed by atoms with E-state index in [4.69, 9.17) is 0 Å². The molecule has 0 aliphatic heterocycles. The molecule has 0 atom stereocenters. The van der Waals surface area contributed by atoms with Crippen LogP contribution in [0.2, 0.25) is 0 Å². The van der Waals surface area contributed by atoms with E-state index in [1.54, 1.807) is 12.3 Å². The molecule has 1 heterocycles. The highest BCUT2D eigenvalue weighted by Crippen LogP contribution is 2.26. The molecular formula is C21H18N2O2. The van der Waals surface area contributed by atoms with Crippen molar-refractivity contribution < 1.29 is 9.59 Å². The number of pyridine rings is 1. The Labute approximate surface area is 145 Å². The van der Waals surface area contributed by atoms with Crippen LogP contribution in [-0.2, 0) is 6.42 Å². The first-order chi connectivity index (χ1) is 12.1. The summed E-state index contributed by atoms with van der Waals surface area (Å²) in [6.45, 7) is 1.90. The fourth-order valence-corrected chi connectivity index (χ4v) is 3.43. The van der Waals surface area contributed by atoms with Gasteiger partial charge in [-0.15, -0.1) is 0 Å². The Hall–Kier alpha value is -3.01. The van der Waals surface area contributed by atoms with Crippen molar-refractivity contribution in [2.45, 2.75) is 26.2 Å². The average molecular weight is 330 g/mol. The third kappa shape index (κ3) is 2.80. The molecule has 4 nitrogen and oxygen atoms in total. The minimum Gasteiger partial charge on any atom is -0.322 e. The number of benzene rings is 2. The number of aryl methyl sites for hydroxylation is 2. The predicted octanol–water partition coefficient (Wildman–Crippen LogP) is 4.31. The van der Waals surface area contributed by atoms with Crippen molar-refractivity contribution in [1.29, 1.82) is 0 Å². The minimum atomic E-state index is -0.204. The summed E-state index contributed by atoms with van der Waals surface area (Å²) in [5, 5.41) is 3.86. The second-order valence-electron chi connectivity index (χ2n) is 6.44. The van der Waals surface area contributed by atoms with Gasteiger partial charge in [0.25, 0.3) is 5.91 Å². The van der Waals surface area contributed by atoms with E-state index in [1.165, 1.54) is 0 Å². The fraction of sp³-hybridized carbons (Fsp3) is 0.190. The maximum atomic E-state index is 12.9. The van der Waals surface area contributed by atoms with Gasteiger partial charge in [0.05, 0.1) is 11.1 Å². The normalized spacial score (nSPS) is 13.6. The molecule has 0 saturated carbocycles. The number of amides is 1. The van der Waals surface area contributed by atoms with Gasteiger partial charge in [0, 0.05) is 29.3 Å². The Morgan fingerprint density at radius 1 is 1.12 bits per heavy atom. The van der Waals surface area contributed by atoms with Crippen molar-refractivity contribution in [1.82, 2.24) is 4.98 Å². The van der Waals surface area contributed by atoms with Gasteiger partial charge in [-0.05, 0) is 49.1 Å². The lowest BCUT2D eigenvalue weighted by Crippen LogP contribution is -2.16. The predicted molar refractivity (Wildman–Crippen MR) is 98.1 cm³/mol. The SMILES string of the molecule is Cc1ccc2cccnc2c1C(=O)Nc1ccc2c(c1)C(=O)CCC2. The molecule has 3 aromatic rings. The van der Waals surface area contributed by atoms with Crippen molar-refractivity contribution in [3.8, 4) is 0 Å². The highest BCUT2D eigenvalue weighted by atomic mass is 16.1. The third-order valence-corrected chi connectivity index (χ3v) is 4.73. The lowest BCUT2D eigenvalue weighted by Gasteiger charge is -2.16. The van der Waals surface area contributed by atoms with E-state index < -0.39 is 0 Å². The van der Waals surface area contributed by atoms with E-state index in [-0.39, 0.29) is 11.7 Å². The van der Waals surface area contributed by atoms with Crippen LogP contribution in [0.15, 0.2) is 48.7 Å². The van der Waals surface area contributed by atoms with Gasteiger partial charge >= 0.3 is 0 Å². The number of nitrogens with one attached hydrogen (secondary N) is 1. The number of Topliss-reactive ketones (excluding diaryl/α,β-unsaturated/α-hetero) is 1. The first-order valence-corrected chi connectivity index (χ1v) is 8.45. The van der Waals surface area contributed by atoms with E-state index >= 15 is 0 Å². The van der Waals surface area contributed by atoms with Crippen LogP contribution in [0.4, 0.5) is 5.69 Å². The maximum Gasteiger partial charge on any atom is 0.258 e. The molecule has 0 spiro atoms. The monoisotopic (exact) mass is 330 g/mol. The number of fused-ring (bicyclic) bond motifs is 2. The van der Waals surface area contributed by atoms with E-state index in [0.29, 0.717) is 23.2 Å². The maximum absolute atomic E-state index is 12.9. The van der Waals surface area contributed by atoms with E-state index in [9.17, 15) is 9.59 Å². The number of rotatable bonds is 2. The van der Waals surface area contributed by atoms with Gasteiger partial charge in [-0.25, -0.2) is 0 Å². The van der Waals surface area contributed by atoms with Gasteiger partial charge in [0.1, 0.15) is 0 Å². The lowest BCUT2D eigenvalue weighted by atomic mass is 9.90. The Morgan fingerprint density at radius 3 is 2.88 bits per heavy atom. The van der Waals surface area contributed by atoms with Crippen molar-refractivity contribution in [2.24, 2.45) is 0 Å². The number of carbonyl (C=O) groups is 2. The van der Waals surface area contributed by atoms with Crippen molar-refractivity contribution >= 4 is 28.3 Å². The average Bonchev–Trinajstić information content (AvgIpc) is 2.62. The highest BCUT2D eigenvalue weighted by Gasteiger charge is 2.19. The molecule has 1 aromatic heterocycles. The fourth-order valence-electron chi connectivity index (χ4n) is 3.43. The van der Waals surface area contributed by atoms with Crippen LogP contribution in [-0.4, -0.2) is 16.7 Å². The van der Waals surface area contributed by atoms with Gasteiger partial charge in [0.2, 0.25) is 0 Å². The van der Waals surface area contributed by atoms with Crippen LogP contribution < -0.4 is 5.32 Å². The van der Waals surface area contributed by atoms with E-state index in [1.807, 2.05) is 43.3 Å². The van der Waals surface area contributed by atoms with Gasteiger partial charge in [-0.1, -0.05) is 24.3 Å². The van der Waals surface area contributed by atoms with Gasteiger partial charge < -0.3 is 5.32 Å². The van der Waals surface area contributed by atoms with Crippen LogP contribution >= 0.6 is 0 Å². The largest absolute Gasteiger partial charge is 0.322 e. The van der Waals surface area contributed by atoms with Gasteiger partial charge in [-0.3, -0.25) is 14.6 Å². The number of ketones is 1. The Balaban J connectivity index is 1.71. The zero-order chi connectivity index (χ0) is 17.4. The van der Waals surface area contributed by atoms with Crippen LogP contribution in [0.5, 0.6) is 0 Å². The number of nitrogens with zero attached hydrogens (tertiary/aromatic N) is 1. The molecule has 25 heavy (non-hydrogen) atoms. The van der Waals surface area contributed by atoms with Crippen LogP contribution in [0.25, 0.3) is 10.9 Å². The summed E-state index contributed by atoms with van der Waals surface area (Å²) < 4.78 is 0. The molecule has 1 aliphatic rings. The van der Waals surface area contributed by atoms with Crippen LogP contribution in [0, 0.1) is 6.92 Å². The zero-order valence-corrected chi connectivity index (χ0v) is 14.0. The molecular weight excluding hydrogens is 312 g/mol. The molecule has 0 radical (unpaired) electrons. The second-order valence-corrected chi connectivity index (χ2v) is 6.44.